The summed E-state index contributed by atoms with van der Waals surface area (Å²) >= 11 is 0. The fourth-order valence-corrected chi connectivity index (χ4v) is 3.10. The zero-order valence-corrected chi connectivity index (χ0v) is 15.2. The van der Waals surface area contributed by atoms with Crippen LogP contribution >= 0.6 is 0 Å². The summed E-state index contributed by atoms with van der Waals surface area (Å²) in [5.74, 6) is -0.767. The summed E-state index contributed by atoms with van der Waals surface area (Å²) in [6.07, 6.45) is -4.26. The normalized spacial score (nSPS) is 24.6. The molecule has 1 aliphatic heterocycles. The van der Waals surface area contributed by atoms with Crippen LogP contribution in [0.15, 0.2) is 42.5 Å². The topological polar surface area (TPSA) is 108 Å². The molecule has 0 aliphatic carbocycles. The lowest BCUT2D eigenvalue weighted by Crippen LogP contribution is -2.44. The van der Waals surface area contributed by atoms with Gasteiger partial charge in [0.15, 0.2) is 11.6 Å². The molecule has 150 valence electrons. The van der Waals surface area contributed by atoms with Gasteiger partial charge in [-0.05, 0) is 30.3 Å². The lowest BCUT2D eigenvalue weighted by atomic mass is 9.93. The van der Waals surface area contributed by atoms with Gasteiger partial charge in [-0.25, -0.2) is 4.39 Å². The molecule has 0 aromatic heterocycles. The molecule has 0 unspecified atom stereocenters. The van der Waals surface area contributed by atoms with E-state index in [-0.39, 0.29) is 30.2 Å². The molecule has 1 aliphatic rings. The number of aliphatic hydroxyl groups is 3. The number of hydrogen-bond donors (Lipinski definition) is 4. The molecule has 3 rings (SSSR count). The van der Waals surface area contributed by atoms with Gasteiger partial charge in [0, 0.05) is 24.6 Å². The molecule has 4 atom stereocenters. The largest absolute Gasteiger partial charge is 0.454 e. The van der Waals surface area contributed by atoms with E-state index in [9.17, 15) is 20.1 Å². The number of hydrogen-bond acceptors (Lipinski definition) is 6. The van der Waals surface area contributed by atoms with Crippen LogP contribution in [-0.2, 0) is 4.74 Å². The third-order valence-corrected chi connectivity index (χ3v) is 4.62. The Balaban J connectivity index is 1.84. The van der Waals surface area contributed by atoms with Crippen molar-refractivity contribution in [2.45, 2.75) is 30.8 Å². The number of carbonyl (C=O) groups excluding carboxylic acids is 1. The highest BCUT2D eigenvalue weighted by atomic mass is 19.1. The van der Waals surface area contributed by atoms with Crippen LogP contribution in [0.1, 0.15) is 28.4 Å². The number of ether oxygens (including phenoxy) is 2. The van der Waals surface area contributed by atoms with Gasteiger partial charge in [-0.15, -0.1) is 0 Å². The maximum Gasteiger partial charge on any atom is 0.251 e. The summed E-state index contributed by atoms with van der Waals surface area (Å²) in [6, 6.07) is 10.6. The standard InChI is InChI=1S/C20H22FNO6/c1-22-20(26)11-5-7-12(8-6-11)27-16-4-2-3-14(17(16)21)19-18(25)15(24)9-13(10-23)28-19/h2-8,13,15,18-19,23-25H,9-10H2,1H3,(H,22,26)/t13-,15-,18-,19+/m0/s1. The van der Waals surface area contributed by atoms with E-state index < -0.39 is 30.2 Å². The lowest BCUT2D eigenvalue weighted by Gasteiger charge is -2.37. The van der Waals surface area contributed by atoms with Crippen molar-refractivity contribution in [3.8, 4) is 11.5 Å². The smallest absolute Gasteiger partial charge is 0.251 e. The van der Waals surface area contributed by atoms with Gasteiger partial charge in [-0.2, -0.15) is 0 Å². The SMILES string of the molecule is CNC(=O)c1ccc(Oc2cccc([C@H]3O[C@H](CO)C[C@H](O)[C@@H]3O)c2F)cc1. The highest BCUT2D eigenvalue weighted by Crippen LogP contribution is 2.36. The Kier molecular flexibility index (Phi) is 6.25. The van der Waals surface area contributed by atoms with E-state index in [0.29, 0.717) is 11.3 Å². The number of rotatable bonds is 5. The number of amides is 1. The Hall–Kier alpha value is -2.52. The first-order chi connectivity index (χ1) is 13.4. The van der Waals surface area contributed by atoms with Crippen LogP contribution < -0.4 is 10.1 Å². The van der Waals surface area contributed by atoms with Gasteiger partial charge < -0.3 is 30.1 Å². The van der Waals surface area contributed by atoms with E-state index >= 15 is 4.39 Å². The van der Waals surface area contributed by atoms with E-state index in [2.05, 4.69) is 5.32 Å². The molecule has 1 heterocycles. The van der Waals surface area contributed by atoms with E-state index in [1.54, 1.807) is 12.1 Å². The molecule has 2 aromatic carbocycles. The summed E-state index contributed by atoms with van der Waals surface area (Å²) in [6.45, 7) is -0.351. The van der Waals surface area contributed by atoms with Gasteiger partial charge in [0.25, 0.3) is 5.91 Å². The molecule has 1 fully saturated rings. The minimum Gasteiger partial charge on any atom is -0.454 e. The van der Waals surface area contributed by atoms with Crippen molar-refractivity contribution in [3.63, 3.8) is 0 Å². The Labute approximate surface area is 161 Å². The van der Waals surface area contributed by atoms with Crippen LogP contribution in [0.5, 0.6) is 11.5 Å². The molecule has 7 nitrogen and oxygen atoms in total. The van der Waals surface area contributed by atoms with Gasteiger partial charge in [0.1, 0.15) is 18.0 Å². The first kappa shape index (κ1) is 20.2. The molecule has 1 amide bonds. The minimum atomic E-state index is -1.33. The molecule has 0 saturated carbocycles. The fraction of sp³-hybridized carbons (Fsp3) is 0.350. The summed E-state index contributed by atoms with van der Waals surface area (Å²) in [7, 11) is 1.52. The number of halogens is 1. The Morgan fingerprint density at radius 1 is 1.25 bits per heavy atom. The van der Waals surface area contributed by atoms with Gasteiger partial charge >= 0.3 is 0 Å². The summed E-state index contributed by atoms with van der Waals surface area (Å²) in [4.78, 5) is 11.6. The third kappa shape index (κ3) is 4.15. The molecule has 8 heteroatoms. The zero-order valence-electron chi connectivity index (χ0n) is 15.2. The van der Waals surface area contributed by atoms with Crippen LogP contribution in [0.25, 0.3) is 0 Å². The first-order valence-electron chi connectivity index (χ1n) is 8.85. The van der Waals surface area contributed by atoms with Gasteiger partial charge in [0.05, 0.1) is 18.8 Å². The Morgan fingerprint density at radius 3 is 2.61 bits per heavy atom. The van der Waals surface area contributed by atoms with E-state index in [4.69, 9.17) is 9.47 Å². The second kappa shape index (κ2) is 8.66. The Morgan fingerprint density at radius 2 is 1.96 bits per heavy atom. The van der Waals surface area contributed by atoms with Gasteiger partial charge in [-0.3, -0.25) is 4.79 Å². The van der Waals surface area contributed by atoms with E-state index in [1.807, 2.05) is 0 Å². The molecule has 2 aromatic rings. The van der Waals surface area contributed by atoms with Crippen molar-refractivity contribution in [1.82, 2.24) is 5.32 Å². The molecule has 4 N–H and O–H groups in total. The van der Waals surface area contributed by atoms with Crippen molar-refractivity contribution in [2.75, 3.05) is 13.7 Å². The van der Waals surface area contributed by atoms with Crippen LogP contribution in [0.2, 0.25) is 0 Å². The first-order valence-corrected chi connectivity index (χ1v) is 8.85. The van der Waals surface area contributed by atoms with Crippen molar-refractivity contribution < 1.29 is 34.0 Å². The predicted molar refractivity (Wildman–Crippen MR) is 97.6 cm³/mol. The third-order valence-electron chi connectivity index (χ3n) is 4.62. The van der Waals surface area contributed by atoms with Gasteiger partial charge in [0.2, 0.25) is 0 Å². The molecular weight excluding hydrogens is 369 g/mol. The summed E-state index contributed by atoms with van der Waals surface area (Å²) in [5.41, 5.74) is 0.455. The average molecular weight is 391 g/mol. The van der Waals surface area contributed by atoms with Crippen LogP contribution in [-0.4, -0.2) is 53.2 Å². The van der Waals surface area contributed by atoms with E-state index in [1.165, 1.54) is 37.4 Å². The fourth-order valence-electron chi connectivity index (χ4n) is 3.10. The highest BCUT2D eigenvalue weighted by molar-refractivity contribution is 5.94. The van der Waals surface area contributed by atoms with E-state index in [0.717, 1.165) is 0 Å². The number of carbonyl (C=O) groups is 1. The summed E-state index contributed by atoms with van der Waals surface area (Å²) in [5, 5.41) is 32.0. The van der Waals surface area contributed by atoms with Crippen LogP contribution in [0, 0.1) is 5.82 Å². The maximum absolute atomic E-state index is 15.0. The summed E-state index contributed by atoms with van der Waals surface area (Å²) < 4.78 is 26.1. The second-order valence-corrected chi connectivity index (χ2v) is 6.52. The highest BCUT2D eigenvalue weighted by Gasteiger charge is 2.39. The van der Waals surface area contributed by atoms with Crippen LogP contribution in [0.3, 0.4) is 0 Å². The number of nitrogens with one attached hydrogen (secondary N) is 1. The molecular formula is C20H22FNO6. The predicted octanol–water partition coefficient (Wildman–Crippen LogP) is 1.52. The quantitative estimate of drug-likeness (QED) is 0.616. The number of aliphatic hydroxyl groups excluding tert-OH is 3. The average Bonchev–Trinajstić information content (AvgIpc) is 2.71. The second-order valence-electron chi connectivity index (χ2n) is 6.52. The molecule has 0 radical (unpaired) electrons. The number of benzene rings is 2. The van der Waals surface area contributed by atoms with Crippen LogP contribution in [0.4, 0.5) is 4.39 Å². The van der Waals surface area contributed by atoms with Crippen molar-refractivity contribution in [1.29, 1.82) is 0 Å². The van der Waals surface area contributed by atoms with Gasteiger partial charge in [-0.1, -0.05) is 12.1 Å². The molecule has 28 heavy (non-hydrogen) atoms. The van der Waals surface area contributed by atoms with Crippen molar-refractivity contribution in [2.24, 2.45) is 0 Å². The lowest BCUT2D eigenvalue weighted by molar-refractivity contribution is -0.180. The monoisotopic (exact) mass is 391 g/mol. The van der Waals surface area contributed by atoms with Crippen molar-refractivity contribution >= 4 is 5.91 Å². The van der Waals surface area contributed by atoms with Crippen molar-refractivity contribution in [3.05, 3.63) is 59.4 Å². The zero-order chi connectivity index (χ0) is 20.3. The maximum atomic E-state index is 15.0. The minimum absolute atomic E-state index is 0.0178. The Bertz CT molecular complexity index is 828. The molecule has 0 bridgehead atoms. The molecule has 0 spiro atoms. The molecule has 1 saturated heterocycles.